The number of aryl methyl sites for hydroxylation is 1. The molecule has 1 saturated carbocycles. The van der Waals surface area contributed by atoms with Crippen LogP contribution in [0.25, 0.3) is 5.69 Å². The van der Waals surface area contributed by atoms with Crippen molar-refractivity contribution in [3.05, 3.63) is 34.9 Å². The maximum atomic E-state index is 12.6. The molecular weight excluding hydrogens is 336 g/mol. The first-order valence-corrected chi connectivity index (χ1v) is 9.20. The summed E-state index contributed by atoms with van der Waals surface area (Å²) in [4.78, 5) is 12.6. The van der Waals surface area contributed by atoms with Gasteiger partial charge in [0.15, 0.2) is 4.77 Å². The minimum Gasteiger partial charge on any atom is -0.365 e. The number of benzene rings is 1. The highest BCUT2D eigenvalue weighted by Gasteiger charge is 2.24. The Morgan fingerprint density at radius 1 is 1.48 bits per heavy atom. The van der Waals surface area contributed by atoms with E-state index in [1.165, 1.54) is 12.8 Å². The zero-order chi connectivity index (χ0) is 17.8. The van der Waals surface area contributed by atoms with E-state index < -0.39 is 6.10 Å². The lowest BCUT2D eigenvalue weighted by Crippen LogP contribution is -2.32. The number of amides is 1. The van der Waals surface area contributed by atoms with Gasteiger partial charge in [0, 0.05) is 5.69 Å². The van der Waals surface area contributed by atoms with Gasteiger partial charge in [-0.2, -0.15) is 5.10 Å². The van der Waals surface area contributed by atoms with Crippen molar-refractivity contribution in [3.8, 4) is 5.69 Å². The summed E-state index contributed by atoms with van der Waals surface area (Å²) in [7, 11) is 0. The number of rotatable bonds is 6. The van der Waals surface area contributed by atoms with Crippen LogP contribution in [0.1, 0.15) is 44.9 Å². The third-order valence-electron chi connectivity index (χ3n) is 4.53. The molecule has 1 heterocycles. The summed E-state index contributed by atoms with van der Waals surface area (Å²) >= 11 is 5.26. The Morgan fingerprint density at radius 3 is 2.88 bits per heavy atom. The van der Waals surface area contributed by atoms with Crippen LogP contribution >= 0.6 is 12.2 Å². The van der Waals surface area contributed by atoms with Crippen LogP contribution < -0.4 is 5.32 Å². The molecule has 1 fully saturated rings. The molecule has 1 aliphatic carbocycles. The van der Waals surface area contributed by atoms with Crippen LogP contribution in [0.15, 0.2) is 24.3 Å². The normalized spacial score (nSPS) is 16.1. The molecule has 3 rings (SSSR count). The predicted molar refractivity (Wildman–Crippen MR) is 99.5 cm³/mol. The van der Waals surface area contributed by atoms with E-state index in [4.69, 9.17) is 17.0 Å². The van der Waals surface area contributed by atoms with Gasteiger partial charge < -0.3 is 10.1 Å². The van der Waals surface area contributed by atoms with Crippen molar-refractivity contribution in [1.82, 2.24) is 14.8 Å². The quantitative estimate of drug-likeness (QED) is 0.766. The number of hydrogen-bond donors (Lipinski definition) is 2. The fourth-order valence-electron chi connectivity index (χ4n) is 3.23. The topological polar surface area (TPSA) is 71.9 Å². The molecule has 0 saturated heterocycles. The third kappa shape index (κ3) is 4.16. The summed E-state index contributed by atoms with van der Waals surface area (Å²) in [6.45, 7) is 3.85. The first kappa shape index (κ1) is 17.8. The van der Waals surface area contributed by atoms with Gasteiger partial charge in [0.1, 0.15) is 11.9 Å². The van der Waals surface area contributed by atoms with Crippen molar-refractivity contribution in [2.45, 2.75) is 58.2 Å². The number of carbonyl (C=O) groups is 1. The molecule has 1 atom stereocenters. The first-order valence-electron chi connectivity index (χ1n) is 8.79. The van der Waals surface area contributed by atoms with E-state index in [1.54, 1.807) is 0 Å². The highest BCUT2D eigenvalue weighted by atomic mass is 32.1. The molecule has 0 aliphatic heterocycles. The average Bonchev–Trinajstić information content (AvgIpc) is 3.22. The Bertz CT molecular complexity index is 792. The molecule has 1 aromatic carbocycles. The van der Waals surface area contributed by atoms with E-state index in [0.29, 0.717) is 11.2 Å². The van der Waals surface area contributed by atoms with Gasteiger partial charge in [0.25, 0.3) is 5.91 Å². The van der Waals surface area contributed by atoms with Gasteiger partial charge in [-0.3, -0.25) is 14.5 Å². The average molecular weight is 360 g/mol. The molecule has 2 N–H and O–H groups in total. The van der Waals surface area contributed by atoms with Crippen LogP contribution in [0.5, 0.6) is 0 Å². The van der Waals surface area contributed by atoms with Crippen LogP contribution in [-0.2, 0) is 9.53 Å². The Hall–Kier alpha value is -1.99. The molecule has 134 valence electrons. The maximum absolute atomic E-state index is 12.6. The second kappa shape index (κ2) is 7.93. The first-order chi connectivity index (χ1) is 12.1. The third-order valence-corrected chi connectivity index (χ3v) is 4.81. The molecule has 1 aromatic heterocycles. The molecule has 0 spiro atoms. The van der Waals surface area contributed by atoms with Gasteiger partial charge in [-0.05, 0) is 56.6 Å². The molecule has 0 radical (unpaired) electrons. The lowest BCUT2D eigenvalue weighted by molar-refractivity contribution is -0.131. The summed E-state index contributed by atoms with van der Waals surface area (Å²) in [5.41, 5.74) is 1.58. The Labute approximate surface area is 152 Å². The number of nitrogens with zero attached hydrogens (tertiary/aromatic N) is 2. The Balaban J connectivity index is 1.72. The molecule has 1 aliphatic rings. The van der Waals surface area contributed by atoms with Crippen LogP contribution in [-0.4, -0.2) is 32.9 Å². The number of H-pyrrole nitrogens is 1. The van der Waals surface area contributed by atoms with E-state index >= 15 is 0 Å². The van der Waals surface area contributed by atoms with Gasteiger partial charge in [-0.1, -0.05) is 25.8 Å². The minimum atomic E-state index is -0.412. The second-order valence-corrected chi connectivity index (χ2v) is 6.78. The Kier molecular flexibility index (Phi) is 5.65. The smallest absolute Gasteiger partial charge is 0.253 e. The number of aromatic nitrogens is 3. The molecule has 25 heavy (non-hydrogen) atoms. The number of ether oxygens (including phenoxy) is 1. The largest absolute Gasteiger partial charge is 0.365 e. The van der Waals surface area contributed by atoms with Gasteiger partial charge >= 0.3 is 0 Å². The van der Waals surface area contributed by atoms with Crippen molar-refractivity contribution in [2.24, 2.45) is 0 Å². The van der Waals surface area contributed by atoms with E-state index in [0.717, 1.165) is 30.0 Å². The number of carbonyl (C=O) groups excluding carboxylic acids is 1. The Morgan fingerprint density at radius 2 is 2.24 bits per heavy atom. The van der Waals surface area contributed by atoms with E-state index in [-0.39, 0.29) is 12.0 Å². The standard InChI is InChI=1S/C18H24N4O2S/c1-3-16(24-15-9-4-5-10-15)17(23)19-13-7-6-8-14(11-13)22-12(2)20-21-18(22)25/h6-8,11,15-16H,3-5,9-10H2,1-2H3,(H,19,23)(H,21,25)/t16-/m0/s1. The number of nitrogens with one attached hydrogen (secondary N) is 2. The van der Waals surface area contributed by atoms with Crippen molar-refractivity contribution in [1.29, 1.82) is 0 Å². The highest BCUT2D eigenvalue weighted by Crippen LogP contribution is 2.24. The summed E-state index contributed by atoms with van der Waals surface area (Å²) in [5, 5.41) is 9.86. The van der Waals surface area contributed by atoms with E-state index in [9.17, 15) is 4.79 Å². The fraction of sp³-hybridized carbons (Fsp3) is 0.500. The van der Waals surface area contributed by atoms with Crippen molar-refractivity contribution < 1.29 is 9.53 Å². The molecular formula is C18H24N4O2S. The zero-order valence-corrected chi connectivity index (χ0v) is 15.4. The summed E-state index contributed by atoms with van der Waals surface area (Å²) in [6.07, 6.45) is 4.95. The maximum Gasteiger partial charge on any atom is 0.253 e. The van der Waals surface area contributed by atoms with Gasteiger partial charge in [-0.15, -0.1) is 0 Å². The van der Waals surface area contributed by atoms with Gasteiger partial charge in [0.2, 0.25) is 0 Å². The SMILES string of the molecule is CC[C@H](OC1CCCC1)C(=O)Nc1cccc(-n2c(C)n[nH]c2=S)c1. The molecule has 7 heteroatoms. The van der Waals surface area contributed by atoms with E-state index in [2.05, 4.69) is 15.5 Å². The number of aromatic amines is 1. The van der Waals surface area contributed by atoms with E-state index in [1.807, 2.05) is 42.7 Å². The predicted octanol–water partition coefficient (Wildman–Crippen LogP) is 3.91. The zero-order valence-electron chi connectivity index (χ0n) is 14.6. The lowest BCUT2D eigenvalue weighted by Gasteiger charge is -2.20. The second-order valence-electron chi connectivity index (χ2n) is 6.39. The molecule has 0 unspecified atom stereocenters. The lowest BCUT2D eigenvalue weighted by atomic mass is 10.2. The fourth-order valence-corrected chi connectivity index (χ4v) is 3.51. The number of anilines is 1. The van der Waals surface area contributed by atoms with Crippen LogP contribution in [0, 0.1) is 11.7 Å². The van der Waals surface area contributed by atoms with Crippen LogP contribution in [0.3, 0.4) is 0 Å². The molecule has 6 nitrogen and oxygen atoms in total. The van der Waals surface area contributed by atoms with Crippen molar-refractivity contribution >= 4 is 23.8 Å². The van der Waals surface area contributed by atoms with Gasteiger partial charge in [-0.25, -0.2) is 0 Å². The minimum absolute atomic E-state index is 0.0981. The summed E-state index contributed by atoms with van der Waals surface area (Å²) in [5.74, 6) is 0.670. The van der Waals surface area contributed by atoms with Crippen molar-refractivity contribution in [2.75, 3.05) is 5.32 Å². The molecule has 2 aromatic rings. The summed E-state index contributed by atoms with van der Waals surface area (Å²) in [6, 6.07) is 7.57. The van der Waals surface area contributed by atoms with Crippen LogP contribution in [0.2, 0.25) is 0 Å². The summed E-state index contributed by atoms with van der Waals surface area (Å²) < 4.78 is 8.34. The highest BCUT2D eigenvalue weighted by molar-refractivity contribution is 7.71. The monoisotopic (exact) mass is 360 g/mol. The van der Waals surface area contributed by atoms with Crippen LogP contribution in [0.4, 0.5) is 5.69 Å². The number of hydrogen-bond acceptors (Lipinski definition) is 4. The molecule has 0 bridgehead atoms. The van der Waals surface area contributed by atoms with Gasteiger partial charge in [0.05, 0.1) is 11.8 Å². The van der Waals surface area contributed by atoms with Crippen molar-refractivity contribution in [3.63, 3.8) is 0 Å². The molecule has 1 amide bonds.